The van der Waals surface area contributed by atoms with Crippen molar-refractivity contribution in [3.8, 4) is 0 Å². The molecule has 2 rings (SSSR count). The molecule has 134 valence electrons. The minimum Gasteiger partial charge on any atom is -0.481 e. The van der Waals surface area contributed by atoms with Gasteiger partial charge < -0.3 is 10.0 Å². The second kappa shape index (κ2) is 7.85. The van der Waals surface area contributed by atoms with Crippen LogP contribution in [0, 0.1) is 5.92 Å². The highest BCUT2D eigenvalue weighted by Crippen LogP contribution is 2.28. The average molecular weight is 393 g/mol. The molecule has 24 heavy (non-hydrogen) atoms. The maximum atomic E-state index is 12.8. The first-order valence-corrected chi connectivity index (χ1v) is 10.9. The van der Waals surface area contributed by atoms with Crippen LogP contribution in [0.2, 0.25) is 0 Å². The zero-order valence-corrected chi connectivity index (χ0v) is 15.9. The number of rotatable bonds is 6. The Morgan fingerprint density at radius 2 is 2.00 bits per heavy atom. The Morgan fingerprint density at radius 1 is 1.38 bits per heavy atom. The van der Waals surface area contributed by atoms with Crippen molar-refractivity contribution in [2.75, 3.05) is 38.2 Å². The standard InChI is InChI=1S/C14H20N2O5S3/c1-10(14(18)19)9-15(2)13(17)12-11(3-6-23-12)24(20,21)16-4-7-22-8-5-16/h3,6,10H,4-5,7-9H2,1-2H3,(H,18,19). The van der Waals surface area contributed by atoms with E-state index >= 15 is 0 Å². The van der Waals surface area contributed by atoms with E-state index in [1.54, 1.807) is 17.1 Å². The van der Waals surface area contributed by atoms with Gasteiger partial charge in [0.1, 0.15) is 9.77 Å². The molecule has 1 atom stereocenters. The Morgan fingerprint density at radius 3 is 2.58 bits per heavy atom. The second-order valence-corrected chi connectivity index (χ2v) is 9.60. The van der Waals surface area contributed by atoms with Crippen molar-refractivity contribution in [3.05, 3.63) is 16.3 Å². The third kappa shape index (κ3) is 4.11. The van der Waals surface area contributed by atoms with Crippen LogP contribution in [-0.4, -0.2) is 72.8 Å². The number of thiophene rings is 1. The van der Waals surface area contributed by atoms with E-state index in [-0.39, 0.29) is 16.3 Å². The number of thioether (sulfide) groups is 1. The van der Waals surface area contributed by atoms with Crippen molar-refractivity contribution in [1.82, 2.24) is 9.21 Å². The van der Waals surface area contributed by atoms with Gasteiger partial charge in [-0.3, -0.25) is 9.59 Å². The summed E-state index contributed by atoms with van der Waals surface area (Å²) >= 11 is 2.77. The number of hydrogen-bond acceptors (Lipinski definition) is 6. The predicted octanol–water partition coefficient (Wildman–Crippen LogP) is 1.28. The fourth-order valence-electron chi connectivity index (χ4n) is 2.33. The van der Waals surface area contributed by atoms with E-state index in [1.807, 2.05) is 0 Å². The highest BCUT2D eigenvalue weighted by Gasteiger charge is 2.32. The van der Waals surface area contributed by atoms with Gasteiger partial charge in [-0.2, -0.15) is 16.1 Å². The van der Waals surface area contributed by atoms with Gasteiger partial charge in [0, 0.05) is 38.2 Å². The number of hydrogen-bond donors (Lipinski definition) is 1. The van der Waals surface area contributed by atoms with Crippen LogP contribution in [0.4, 0.5) is 0 Å². The molecule has 1 fully saturated rings. The summed E-state index contributed by atoms with van der Waals surface area (Å²) in [6.07, 6.45) is 0. The third-order valence-corrected chi connectivity index (χ3v) is 7.64. The molecule has 1 amide bonds. The van der Waals surface area contributed by atoms with Gasteiger partial charge in [-0.1, -0.05) is 6.92 Å². The lowest BCUT2D eigenvalue weighted by atomic mass is 10.2. The largest absolute Gasteiger partial charge is 0.481 e. The molecule has 1 unspecified atom stereocenters. The molecule has 7 nitrogen and oxygen atoms in total. The number of sulfonamides is 1. The summed E-state index contributed by atoms with van der Waals surface area (Å²) in [6, 6.07) is 1.45. The summed E-state index contributed by atoms with van der Waals surface area (Å²) in [5, 5.41) is 10.5. The fraction of sp³-hybridized carbons (Fsp3) is 0.571. The maximum Gasteiger partial charge on any atom is 0.308 e. The molecule has 0 aromatic carbocycles. The molecular weight excluding hydrogens is 372 g/mol. The van der Waals surface area contributed by atoms with Crippen molar-refractivity contribution in [3.63, 3.8) is 0 Å². The van der Waals surface area contributed by atoms with Crippen molar-refractivity contribution in [2.24, 2.45) is 5.92 Å². The summed E-state index contributed by atoms with van der Waals surface area (Å²) in [5.74, 6) is -0.716. The van der Waals surface area contributed by atoms with Gasteiger partial charge in [0.2, 0.25) is 10.0 Å². The minimum absolute atomic E-state index is 0.0132. The fourth-order valence-corrected chi connectivity index (χ4v) is 6.29. The highest BCUT2D eigenvalue weighted by atomic mass is 32.2. The van der Waals surface area contributed by atoms with Crippen LogP contribution < -0.4 is 0 Å². The van der Waals surface area contributed by atoms with Gasteiger partial charge in [0.05, 0.1) is 5.92 Å². The Balaban J connectivity index is 2.23. The molecule has 0 bridgehead atoms. The van der Waals surface area contributed by atoms with Gasteiger partial charge in [-0.25, -0.2) is 8.42 Å². The molecule has 1 aromatic rings. The molecular formula is C14H20N2O5S3. The molecule has 1 saturated heterocycles. The van der Waals surface area contributed by atoms with Crippen LogP contribution in [0.3, 0.4) is 0 Å². The van der Waals surface area contributed by atoms with E-state index in [1.165, 1.54) is 29.2 Å². The first-order chi connectivity index (χ1) is 11.2. The lowest BCUT2D eigenvalue weighted by Gasteiger charge is -2.26. The highest BCUT2D eigenvalue weighted by molar-refractivity contribution is 7.99. The summed E-state index contributed by atoms with van der Waals surface area (Å²) in [4.78, 5) is 24.9. The normalized spacial score (nSPS) is 17.4. The SMILES string of the molecule is CC(CN(C)C(=O)c1sccc1S(=O)(=O)N1CCSCC1)C(=O)O. The van der Waals surface area contributed by atoms with Crippen LogP contribution >= 0.6 is 23.1 Å². The molecule has 10 heteroatoms. The number of carboxylic acid groups (broad SMARTS) is 1. The van der Waals surface area contributed by atoms with Crippen LogP contribution in [0.1, 0.15) is 16.6 Å². The number of carbonyl (C=O) groups is 2. The van der Waals surface area contributed by atoms with Gasteiger partial charge in [-0.05, 0) is 11.4 Å². The monoisotopic (exact) mass is 392 g/mol. The van der Waals surface area contributed by atoms with Crippen LogP contribution in [0.15, 0.2) is 16.3 Å². The van der Waals surface area contributed by atoms with E-state index in [0.29, 0.717) is 13.1 Å². The van der Waals surface area contributed by atoms with Crippen molar-refractivity contribution in [2.45, 2.75) is 11.8 Å². The Kier molecular flexibility index (Phi) is 6.29. The number of amides is 1. The summed E-state index contributed by atoms with van der Waals surface area (Å²) in [6.45, 7) is 2.39. The van der Waals surface area contributed by atoms with Crippen LogP contribution in [0.25, 0.3) is 0 Å². The topological polar surface area (TPSA) is 95.0 Å². The molecule has 0 spiro atoms. The Hall–Kier alpha value is -1.10. The molecule has 0 saturated carbocycles. The third-order valence-electron chi connectivity index (χ3n) is 3.73. The van der Waals surface area contributed by atoms with E-state index in [0.717, 1.165) is 22.8 Å². The molecule has 0 aliphatic carbocycles. The van der Waals surface area contributed by atoms with Crippen LogP contribution in [-0.2, 0) is 14.8 Å². The summed E-state index contributed by atoms with van der Waals surface area (Å²) < 4.78 is 27.0. The Labute approximate surface area is 149 Å². The van der Waals surface area contributed by atoms with E-state index in [2.05, 4.69) is 0 Å². The van der Waals surface area contributed by atoms with Gasteiger partial charge in [0.15, 0.2) is 0 Å². The van der Waals surface area contributed by atoms with Gasteiger partial charge in [-0.15, -0.1) is 11.3 Å². The molecule has 1 aromatic heterocycles. The number of carboxylic acids is 1. The smallest absolute Gasteiger partial charge is 0.308 e. The van der Waals surface area contributed by atoms with E-state index in [4.69, 9.17) is 5.11 Å². The molecule has 0 radical (unpaired) electrons. The van der Waals surface area contributed by atoms with E-state index < -0.39 is 27.8 Å². The maximum absolute atomic E-state index is 12.8. The molecule has 1 aliphatic rings. The zero-order chi connectivity index (χ0) is 17.9. The number of aliphatic carboxylic acids is 1. The molecule has 1 N–H and O–H groups in total. The minimum atomic E-state index is -3.71. The van der Waals surface area contributed by atoms with Gasteiger partial charge >= 0.3 is 5.97 Å². The van der Waals surface area contributed by atoms with Crippen molar-refractivity contribution >= 4 is 45.0 Å². The summed E-state index contributed by atoms with van der Waals surface area (Å²) in [5.41, 5.74) is 0. The van der Waals surface area contributed by atoms with Gasteiger partial charge in [0.25, 0.3) is 5.91 Å². The number of carbonyl (C=O) groups excluding carboxylic acids is 1. The second-order valence-electron chi connectivity index (χ2n) is 5.56. The number of nitrogens with zero attached hydrogens (tertiary/aromatic N) is 2. The predicted molar refractivity (Wildman–Crippen MR) is 94.2 cm³/mol. The zero-order valence-electron chi connectivity index (χ0n) is 13.5. The summed E-state index contributed by atoms with van der Waals surface area (Å²) in [7, 11) is -2.22. The van der Waals surface area contributed by atoms with E-state index in [9.17, 15) is 18.0 Å². The Bertz CT molecular complexity index is 710. The lowest BCUT2D eigenvalue weighted by molar-refractivity contribution is -0.141. The van der Waals surface area contributed by atoms with Crippen molar-refractivity contribution in [1.29, 1.82) is 0 Å². The first-order valence-electron chi connectivity index (χ1n) is 7.38. The lowest BCUT2D eigenvalue weighted by Crippen LogP contribution is -2.39. The average Bonchev–Trinajstić information content (AvgIpc) is 3.05. The first kappa shape index (κ1) is 19.2. The quantitative estimate of drug-likeness (QED) is 0.784. The molecule has 2 heterocycles. The van der Waals surface area contributed by atoms with Crippen LogP contribution in [0.5, 0.6) is 0 Å². The molecule has 1 aliphatic heterocycles. The van der Waals surface area contributed by atoms with Crippen molar-refractivity contribution < 1.29 is 23.1 Å².